The Labute approximate surface area is 115 Å². The molecule has 2 rings (SSSR count). The van der Waals surface area contributed by atoms with Crippen LogP contribution in [0.15, 0.2) is 24.3 Å². The fourth-order valence-corrected chi connectivity index (χ4v) is 2.59. The zero-order chi connectivity index (χ0) is 11.4. The molecular formula is C13H20Cl2N2. The molecule has 0 aliphatic carbocycles. The monoisotopic (exact) mass is 274 g/mol. The molecule has 1 atom stereocenters. The Balaban J connectivity index is 0.00000144. The van der Waals surface area contributed by atoms with E-state index in [4.69, 9.17) is 17.3 Å². The fourth-order valence-electron chi connectivity index (χ4n) is 2.38. The van der Waals surface area contributed by atoms with E-state index in [0.717, 1.165) is 24.7 Å². The maximum Gasteiger partial charge on any atom is 0.0409 e. The van der Waals surface area contributed by atoms with Crippen molar-refractivity contribution in [1.82, 2.24) is 4.90 Å². The highest BCUT2D eigenvalue weighted by Gasteiger charge is 2.18. The van der Waals surface area contributed by atoms with E-state index in [0.29, 0.717) is 5.92 Å². The van der Waals surface area contributed by atoms with Crippen molar-refractivity contribution in [2.24, 2.45) is 11.7 Å². The molecule has 4 heteroatoms. The lowest BCUT2D eigenvalue weighted by atomic mass is 9.98. The summed E-state index contributed by atoms with van der Waals surface area (Å²) < 4.78 is 0. The minimum absolute atomic E-state index is 0. The van der Waals surface area contributed by atoms with Crippen molar-refractivity contribution < 1.29 is 0 Å². The highest BCUT2D eigenvalue weighted by molar-refractivity contribution is 6.30. The predicted octanol–water partition coefficient (Wildman–Crippen LogP) is 2.93. The number of hydrogen-bond acceptors (Lipinski definition) is 2. The predicted molar refractivity (Wildman–Crippen MR) is 75.8 cm³/mol. The Morgan fingerprint density at radius 2 is 2.24 bits per heavy atom. The van der Waals surface area contributed by atoms with E-state index in [2.05, 4.69) is 11.0 Å². The molecule has 2 nitrogen and oxygen atoms in total. The van der Waals surface area contributed by atoms with Crippen LogP contribution in [-0.2, 0) is 6.54 Å². The Kier molecular flexibility index (Phi) is 6.28. The van der Waals surface area contributed by atoms with Crippen LogP contribution in [0.4, 0.5) is 0 Å². The van der Waals surface area contributed by atoms with Gasteiger partial charge in [0, 0.05) is 18.1 Å². The van der Waals surface area contributed by atoms with Crippen LogP contribution < -0.4 is 5.73 Å². The summed E-state index contributed by atoms with van der Waals surface area (Å²) in [5.41, 5.74) is 7.03. The summed E-state index contributed by atoms with van der Waals surface area (Å²) in [4.78, 5) is 2.48. The lowest BCUT2D eigenvalue weighted by molar-refractivity contribution is 0.171. The average molecular weight is 275 g/mol. The minimum atomic E-state index is 0. The van der Waals surface area contributed by atoms with Crippen molar-refractivity contribution in [3.63, 3.8) is 0 Å². The first-order valence-electron chi connectivity index (χ1n) is 5.95. The van der Waals surface area contributed by atoms with Gasteiger partial charge in [-0.05, 0) is 49.5 Å². The Morgan fingerprint density at radius 1 is 1.41 bits per heavy atom. The summed E-state index contributed by atoms with van der Waals surface area (Å²) in [6.45, 7) is 4.12. The zero-order valence-corrected chi connectivity index (χ0v) is 11.5. The number of nitrogens with two attached hydrogens (primary N) is 1. The summed E-state index contributed by atoms with van der Waals surface area (Å²) in [5.74, 6) is 0.674. The topological polar surface area (TPSA) is 29.3 Å². The molecule has 0 spiro atoms. The smallest absolute Gasteiger partial charge is 0.0409 e. The van der Waals surface area contributed by atoms with Crippen LogP contribution in [0.5, 0.6) is 0 Å². The molecule has 0 amide bonds. The molecule has 0 aromatic heterocycles. The van der Waals surface area contributed by atoms with Crippen molar-refractivity contribution in [3.8, 4) is 0 Å². The molecule has 1 unspecified atom stereocenters. The number of piperidine rings is 1. The molecule has 1 fully saturated rings. The summed E-state index contributed by atoms with van der Waals surface area (Å²) in [6, 6.07) is 8.12. The van der Waals surface area contributed by atoms with Crippen LogP contribution in [0.2, 0.25) is 5.02 Å². The maximum atomic E-state index is 5.98. The molecule has 17 heavy (non-hydrogen) atoms. The van der Waals surface area contributed by atoms with Gasteiger partial charge < -0.3 is 5.73 Å². The first kappa shape index (κ1) is 14.8. The molecule has 1 saturated heterocycles. The van der Waals surface area contributed by atoms with Gasteiger partial charge in [0.15, 0.2) is 0 Å². The number of nitrogens with zero attached hydrogens (tertiary/aromatic N) is 1. The summed E-state index contributed by atoms with van der Waals surface area (Å²) >= 11 is 5.98. The van der Waals surface area contributed by atoms with Crippen LogP contribution in [-0.4, -0.2) is 24.5 Å². The van der Waals surface area contributed by atoms with Gasteiger partial charge >= 0.3 is 0 Å². The third kappa shape index (κ3) is 4.47. The lowest BCUT2D eigenvalue weighted by Gasteiger charge is -2.32. The Bertz CT molecular complexity index is 344. The van der Waals surface area contributed by atoms with E-state index in [1.54, 1.807) is 0 Å². The van der Waals surface area contributed by atoms with Crippen molar-refractivity contribution in [2.75, 3.05) is 19.6 Å². The Hall–Kier alpha value is -0.280. The highest BCUT2D eigenvalue weighted by atomic mass is 35.5. The van der Waals surface area contributed by atoms with E-state index in [1.165, 1.54) is 24.9 Å². The molecule has 2 N–H and O–H groups in total. The summed E-state index contributed by atoms with van der Waals surface area (Å²) in [7, 11) is 0. The third-order valence-corrected chi connectivity index (χ3v) is 3.47. The van der Waals surface area contributed by atoms with Crippen LogP contribution in [0, 0.1) is 5.92 Å². The summed E-state index contributed by atoms with van der Waals surface area (Å²) in [5, 5.41) is 0.824. The van der Waals surface area contributed by atoms with Crippen molar-refractivity contribution in [1.29, 1.82) is 0 Å². The van der Waals surface area contributed by atoms with Crippen LogP contribution in [0.1, 0.15) is 18.4 Å². The molecule has 1 aliphatic rings. The first-order valence-corrected chi connectivity index (χ1v) is 6.32. The second-order valence-electron chi connectivity index (χ2n) is 4.61. The van der Waals surface area contributed by atoms with Crippen molar-refractivity contribution in [2.45, 2.75) is 19.4 Å². The van der Waals surface area contributed by atoms with E-state index in [9.17, 15) is 0 Å². The molecule has 96 valence electrons. The molecule has 1 heterocycles. The van der Waals surface area contributed by atoms with Gasteiger partial charge in [-0.25, -0.2) is 0 Å². The van der Waals surface area contributed by atoms with Crippen molar-refractivity contribution in [3.05, 3.63) is 34.9 Å². The van der Waals surface area contributed by atoms with E-state index in [-0.39, 0.29) is 12.4 Å². The number of likely N-dealkylation sites (tertiary alicyclic amines) is 1. The van der Waals surface area contributed by atoms with Gasteiger partial charge in [0.25, 0.3) is 0 Å². The fraction of sp³-hybridized carbons (Fsp3) is 0.538. The first-order chi connectivity index (χ1) is 7.78. The maximum absolute atomic E-state index is 5.98. The third-order valence-electron chi connectivity index (χ3n) is 3.23. The molecule has 0 saturated carbocycles. The molecule has 1 aromatic rings. The SMILES string of the molecule is Cl.NCC1CCCN(Cc2cccc(Cl)c2)C1. The quantitative estimate of drug-likeness (QED) is 0.919. The van der Waals surface area contributed by atoms with Gasteiger partial charge in [-0.1, -0.05) is 23.7 Å². The lowest BCUT2D eigenvalue weighted by Crippen LogP contribution is -2.37. The molecule has 1 aliphatic heterocycles. The molecule has 0 bridgehead atoms. The van der Waals surface area contributed by atoms with Crippen LogP contribution in [0.3, 0.4) is 0 Å². The van der Waals surface area contributed by atoms with E-state index < -0.39 is 0 Å². The average Bonchev–Trinajstić information content (AvgIpc) is 2.29. The Morgan fingerprint density at radius 3 is 2.94 bits per heavy atom. The molecule has 1 aromatic carbocycles. The van der Waals surface area contributed by atoms with Gasteiger partial charge in [-0.3, -0.25) is 4.90 Å². The summed E-state index contributed by atoms with van der Waals surface area (Å²) in [6.07, 6.45) is 2.55. The normalized spacial score (nSPS) is 20.9. The number of benzene rings is 1. The standard InChI is InChI=1S/C13H19ClN2.ClH/c14-13-5-1-3-11(7-13)9-16-6-2-4-12(8-15)10-16;/h1,3,5,7,12H,2,4,6,8-10,15H2;1H. The van der Waals surface area contributed by atoms with Gasteiger partial charge in [0.05, 0.1) is 0 Å². The van der Waals surface area contributed by atoms with Crippen molar-refractivity contribution >= 4 is 24.0 Å². The number of hydrogen-bond donors (Lipinski definition) is 1. The van der Waals surface area contributed by atoms with E-state index in [1.807, 2.05) is 18.2 Å². The highest BCUT2D eigenvalue weighted by Crippen LogP contribution is 2.19. The van der Waals surface area contributed by atoms with Gasteiger partial charge in [-0.2, -0.15) is 0 Å². The van der Waals surface area contributed by atoms with E-state index >= 15 is 0 Å². The largest absolute Gasteiger partial charge is 0.330 e. The minimum Gasteiger partial charge on any atom is -0.330 e. The molecular weight excluding hydrogens is 255 g/mol. The van der Waals surface area contributed by atoms with Crippen LogP contribution >= 0.6 is 24.0 Å². The molecule has 0 radical (unpaired) electrons. The van der Waals surface area contributed by atoms with Gasteiger partial charge in [-0.15, -0.1) is 12.4 Å². The van der Waals surface area contributed by atoms with Crippen LogP contribution in [0.25, 0.3) is 0 Å². The van der Waals surface area contributed by atoms with Gasteiger partial charge in [0.1, 0.15) is 0 Å². The zero-order valence-electron chi connectivity index (χ0n) is 9.94. The second-order valence-corrected chi connectivity index (χ2v) is 5.05. The van der Waals surface area contributed by atoms with Gasteiger partial charge in [0.2, 0.25) is 0 Å². The second kappa shape index (κ2) is 7.22. The number of halogens is 2. The number of rotatable bonds is 3.